The zero-order valence-electron chi connectivity index (χ0n) is 12.4. The van der Waals surface area contributed by atoms with Crippen molar-refractivity contribution < 1.29 is 0 Å². The minimum Gasteiger partial charge on any atom is -0.0891 e. The van der Waals surface area contributed by atoms with E-state index in [0.717, 1.165) is 17.7 Å². The van der Waals surface area contributed by atoms with Gasteiger partial charge in [-0.3, -0.25) is 0 Å². The van der Waals surface area contributed by atoms with Gasteiger partial charge >= 0.3 is 0 Å². The fourth-order valence-corrected chi connectivity index (χ4v) is 3.47. The first kappa shape index (κ1) is 15.1. The molecule has 0 aromatic heterocycles. The molecule has 0 nitrogen and oxygen atoms in total. The largest absolute Gasteiger partial charge is 0.122 e. The summed E-state index contributed by atoms with van der Waals surface area (Å²) in [6.45, 7) is 21.5. The van der Waals surface area contributed by atoms with Crippen LogP contribution >= 0.6 is 0 Å². The van der Waals surface area contributed by atoms with Crippen LogP contribution in [0.3, 0.4) is 0 Å². The highest BCUT2D eigenvalue weighted by atomic mass is 14.4. The molecule has 15 heavy (non-hydrogen) atoms. The molecule has 0 heterocycles. The van der Waals surface area contributed by atoms with Crippen LogP contribution < -0.4 is 0 Å². The molecule has 2 unspecified atom stereocenters. The zero-order chi connectivity index (χ0) is 12.4. The van der Waals surface area contributed by atoms with Crippen molar-refractivity contribution in [3.8, 4) is 0 Å². The molecule has 0 aromatic carbocycles. The Labute approximate surface area is 98.5 Å². The van der Waals surface area contributed by atoms with Crippen LogP contribution in [-0.2, 0) is 0 Å². The van der Waals surface area contributed by atoms with Gasteiger partial charge in [-0.15, -0.1) is 0 Å². The van der Waals surface area contributed by atoms with E-state index < -0.39 is 0 Å². The molecule has 0 fully saturated rings. The van der Waals surface area contributed by atoms with Crippen LogP contribution in [0.2, 0.25) is 12.6 Å². The first-order valence-corrected chi connectivity index (χ1v) is 6.51. The summed E-state index contributed by atoms with van der Waals surface area (Å²) in [5.74, 6) is 2.40. The van der Waals surface area contributed by atoms with Crippen molar-refractivity contribution in [3.05, 3.63) is 0 Å². The average molecular weight is 210 g/mol. The maximum Gasteiger partial charge on any atom is 0.122 e. The van der Waals surface area contributed by atoms with Crippen molar-refractivity contribution in [2.45, 2.75) is 68.0 Å². The average Bonchev–Trinajstić information content (AvgIpc) is 1.93. The maximum atomic E-state index is 2.39. The Morgan fingerprint density at radius 2 is 1.20 bits per heavy atom. The van der Waals surface area contributed by atoms with Gasteiger partial charge in [0.25, 0.3) is 0 Å². The molecule has 0 radical (unpaired) electrons. The van der Waals surface area contributed by atoms with Gasteiger partial charge in [-0.2, -0.15) is 0 Å². The fraction of sp³-hybridized carbons (Fsp3) is 1.00. The molecule has 2 atom stereocenters. The summed E-state index contributed by atoms with van der Waals surface area (Å²) in [6.07, 6.45) is 0. The molecule has 90 valence electrons. The monoisotopic (exact) mass is 210 g/mol. The van der Waals surface area contributed by atoms with Gasteiger partial charge in [-0.05, 0) is 22.7 Å². The third-order valence-corrected chi connectivity index (χ3v) is 3.70. The molecule has 0 saturated carbocycles. The Balaban J connectivity index is 5.06. The number of hydrogen-bond donors (Lipinski definition) is 0. The Hall–Kier alpha value is 0.0649. The molecule has 0 N–H and O–H groups in total. The van der Waals surface area contributed by atoms with Gasteiger partial charge in [0.05, 0.1) is 0 Å². The van der Waals surface area contributed by atoms with Crippen molar-refractivity contribution in [1.82, 2.24) is 0 Å². The summed E-state index contributed by atoms with van der Waals surface area (Å²) in [5.41, 5.74) is 0.846. The second-order valence-electron chi connectivity index (χ2n) is 7.52. The minimum atomic E-state index is 0.419. The van der Waals surface area contributed by atoms with Gasteiger partial charge in [-0.25, -0.2) is 0 Å². The van der Waals surface area contributed by atoms with E-state index in [9.17, 15) is 0 Å². The predicted octanol–water partition coefficient (Wildman–Crippen LogP) is 4.62. The van der Waals surface area contributed by atoms with E-state index in [1.165, 1.54) is 7.28 Å². The van der Waals surface area contributed by atoms with Crippen molar-refractivity contribution in [2.24, 2.45) is 22.7 Å². The van der Waals surface area contributed by atoms with Gasteiger partial charge in [-0.1, -0.05) is 68.0 Å². The van der Waals surface area contributed by atoms with Crippen LogP contribution in [-0.4, -0.2) is 7.28 Å². The summed E-state index contributed by atoms with van der Waals surface area (Å²) >= 11 is 0. The van der Waals surface area contributed by atoms with Crippen LogP contribution in [0.25, 0.3) is 0 Å². The summed E-state index contributed by atoms with van der Waals surface area (Å²) < 4.78 is 0. The van der Waals surface area contributed by atoms with E-state index in [0.29, 0.717) is 10.8 Å². The lowest BCUT2D eigenvalue weighted by Crippen LogP contribution is -2.37. The van der Waals surface area contributed by atoms with Crippen molar-refractivity contribution >= 4 is 7.28 Å². The highest BCUT2D eigenvalue weighted by Gasteiger charge is 2.39. The molecule has 0 spiro atoms. The topological polar surface area (TPSA) is 0 Å². The second kappa shape index (κ2) is 4.93. The normalized spacial score (nSPS) is 17.7. The lowest BCUT2D eigenvalue weighted by atomic mass is 9.46. The first-order chi connectivity index (χ1) is 6.51. The van der Waals surface area contributed by atoms with Crippen LogP contribution in [0.1, 0.15) is 55.4 Å². The molecule has 0 amide bonds. The molecular formula is C14H31B. The smallest absolute Gasteiger partial charge is 0.0891 e. The molecule has 0 rings (SSSR count). The molecule has 0 aromatic rings. The lowest BCUT2D eigenvalue weighted by Gasteiger charge is -2.46. The third kappa shape index (κ3) is 4.21. The van der Waals surface area contributed by atoms with Crippen LogP contribution in [0.15, 0.2) is 0 Å². The van der Waals surface area contributed by atoms with Crippen molar-refractivity contribution in [3.63, 3.8) is 0 Å². The van der Waals surface area contributed by atoms with Crippen LogP contribution in [0.4, 0.5) is 0 Å². The Morgan fingerprint density at radius 3 is 1.27 bits per heavy atom. The van der Waals surface area contributed by atoms with E-state index in [-0.39, 0.29) is 0 Å². The summed E-state index contributed by atoms with van der Waals surface area (Å²) in [5, 5.41) is 0. The lowest BCUT2D eigenvalue weighted by molar-refractivity contribution is 0.119. The SMILES string of the molecule is CBC(C(C(C)C)C(C)(C)C)C(C)(C)C. The van der Waals surface area contributed by atoms with E-state index in [2.05, 4.69) is 62.2 Å². The van der Waals surface area contributed by atoms with Crippen molar-refractivity contribution in [2.75, 3.05) is 0 Å². The maximum absolute atomic E-state index is 2.39. The Morgan fingerprint density at radius 1 is 0.800 bits per heavy atom. The van der Waals surface area contributed by atoms with Gasteiger partial charge in [0.2, 0.25) is 0 Å². The molecule has 0 aliphatic rings. The third-order valence-electron chi connectivity index (χ3n) is 3.70. The summed E-state index contributed by atoms with van der Waals surface area (Å²) in [6, 6.07) is 0. The zero-order valence-corrected chi connectivity index (χ0v) is 12.4. The van der Waals surface area contributed by atoms with E-state index in [1.807, 2.05) is 0 Å². The van der Waals surface area contributed by atoms with Gasteiger partial charge in [0.15, 0.2) is 0 Å². The summed E-state index contributed by atoms with van der Waals surface area (Å²) in [4.78, 5) is 0. The molecule has 1 heteroatoms. The standard InChI is InChI=1S/C14H31B/c1-10(2)11(13(3,4)5)12(15-9)14(6,7)8/h10-12,15H,1-9H3. The van der Waals surface area contributed by atoms with Crippen molar-refractivity contribution in [1.29, 1.82) is 0 Å². The highest BCUT2D eigenvalue weighted by Crippen LogP contribution is 2.48. The van der Waals surface area contributed by atoms with Crippen LogP contribution in [0, 0.1) is 22.7 Å². The predicted molar refractivity (Wildman–Crippen MR) is 74.0 cm³/mol. The Bertz CT molecular complexity index is 180. The molecule has 0 saturated heterocycles. The molecule has 0 bridgehead atoms. The van der Waals surface area contributed by atoms with E-state index >= 15 is 0 Å². The van der Waals surface area contributed by atoms with E-state index in [4.69, 9.17) is 0 Å². The quantitative estimate of drug-likeness (QED) is 0.596. The molecular weight excluding hydrogens is 179 g/mol. The fourth-order valence-electron chi connectivity index (χ4n) is 3.47. The Kier molecular flexibility index (Phi) is 4.95. The highest BCUT2D eigenvalue weighted by molar-refractivity contribution is 6.36. The summed E-state index contributed by atoms with van der Waals surface area (Å²) in [7, 11) is 1.30. The van der Waals surface area contributed by atoms with Gasteiger partial charge in [0, 0.05) is 0 Å². The van der Waals surface area contributed by atoms with E-state index in [1.54, 1.807) is 0 Å². The minimum absolute atomic E-state index is 0.419. The number of rotatable bonds is 3. The molecule has 0 aliphatic carbocycles. The van der Waals surface area contributed by atoms with Crippen LogP contribution in [0.5, 0.6) is 0 Å². The second-order valence-corrected chi connectivity index (χ2v) is 7.52. The number of hydrogen-bond acceptors (Lipinski definition) is 0. The molecule has 0 aliphatic heterocycles. The van der Waals surface area contributed by atoms with Gasteiger partial charge in [0.1, 0.15) is 7.28 Å². The van der Waals surface area contributed by atoms with Gasteiger partial charge < -0.3 is 0 Å². The first-order valence-electron chi connectivity index (χ1n) is 6.51.